The summed E-state index contributed by atoms with van der Waals surface area (Å²) < 4.78 is 52.6. The Kier molecular flexibility index (Phi) is 5.90. The van der Waals surface area contributed by atoms with E-state index < -0.39 is 17.5 Å². The van der Waals surface area contributed by atoms with Gasteiger partial charge in [-0.2, -0.15) is 4.39 Å². The second kappa shape index (κ2) is 7.90. The van der Waals surface area contributed by atoms with Crippen LogP contribution in [-0.2, 0) is 0 Å². The first-order valence-corrected chi connectivity index (χ1v) is 7.62. The molecule has 2 aromatic rings. The minimum absolute atomic E-state index is 0.0210. The van der Waals surface area contributed by atoms with Crippen molar-refractivity contribution in [1.82, 2.24) is 0 Å². The van der Waals surface area contributed by atoms with Crippen LogP contribution in [0, 0.1) is 17.5 Å². The van der Waals surface area contributed by atoms with Gasteiger partial charge in [0.05, 0.1) is 13.2 Å². The number of unbranched alkanes of at least 4 members (excludes halogenated alkanes) is 1. The minimum Gasteiger partial charge on any atom is -0.493 e. The first-order valence-electron chi connectivity index (χ1n) is 7.62. The molecule has 5 heteroatoms. The summed E-state index contributed by atoms with van der Waals surface area (Å²) >= 11 is 0. The molecule has 0 unspecified atom stereocenters. The van der Waals surface area contributed by atoms with Crippen molar-refractivity contribution in [1.29, 1.82) is 0 Å². The highest BCUT2D eigenvalue weighted by Gasteiger charge is 2.18. The van der Waals surface area contributed by atoms with Gasteiger partial charge in [-0.25, -0.2) is 8.78 Å². The van der Waals surface area contributed by atoms with E-state index in [9.17, 15) is 13.2 Å². The van der Waals surface area contributed by atoms with Gasteiger partial charge < -0.3 is 9.47 Å². The van der Waals surface area contributed by atoms with Crippen LogP contribution in [0.25, 0.3) is 11.1 Å². The van der Waals surface area contributed by atoms with Crippen molar-refractivity contribution < 1.29 is 22.6 Å². The van der Waals surface area contributed by atoms with Crippen molar-refractivity contribution in [3.05, 3.63) is 47.8 Å². The Morgan fingerprint density at radius 2 is 1.61 bits per heavy atom. The fourth-order valence-corrected chi connectivity index (χ4v) is 2.15. The van der Waals surface area contributed by atoms with Crippen LogP contribution in [0.4, 0.5) is 13.2 Å². The topological polar surface area (TPSA) is 18.5 Å². The van der Waals surface area contributed by atoms with Gasteiger partial charge in [-0.1, -0.05) is 13.3 Å². The second-order valence-corrected chi connectivity index (χ2v) is 5.02. The molecule has 0 aromatic heterocycles. The van der Waals surface area contributed by atoms with Crippen molar-refractivity contribution in [2.45, 2.75) is 26.7 Å². The molecule has 124 valence electrons. The van der Waals surface area contributed by atoms with E-state index in [0.29, 0.717) is 12.4 Å². The summed E-state index contributed by atoms with van der Waals surface area (Å²) in [6.45, 7) is 4.40. The molecule has 0 fully saturated rings. The number of hydrogen-bond acceptors (Lipinski definition) is 2. The van der Waals surface area contributed by atoms with Crippen LogP contribution in [-0.4, -0.2) is 13.2 Å². The first-order chi connectivity index (χ1) is 11.1. The molecule has 2 nitrogen and oxygen atoms in total. The first kappa shape index (κ1) is 17.2. The Labute approximate surface area is 133 Å². The van der Waals surface area contributed by atoms with Crippen LogP contribution >= 0.6 is 0 Å². The number of benzene rings is 2. The zero-order valence-corrected chi connectivity index (χ0v) is 13.2. The molecular weight excluding hydrogens is 305 g/mol. The molecule has 0 aliphatic heterocycles. The van der Waals surface area contributed by atoms with Gasteiger partial charge in [0, 0.05) is 17.2 Å². The molecule has 0 bridgehead atoms. The third kappa shape index (κ3) is 3.97. The van der Waals surface area contributed by atoms with E-state index in [4.69, 9.17) is 9.47 Å². The zero-order chi connectivity index (χ0) is 16.8. The van der Waals surface area contributed by atoms with Gasteiger partial charge in [-0.3, -0.25) is 0 Å². The van der Waals surface area contributed by atoms with Gasteiger partial charge in [0.2, 0.25) is 5.82 Å². The summed E-state index contributed by atoms with van der Waals surface area (Å²) in [6, 6.07) is 6.71. The maximum absolute atomic E-state index is 14.2. The van der Waals surface area contributed by atoms with Gasteiger partial charge >= 0.3 is 0 Å². The highest BCUT2D eigenvalue weighted by atomic mass is 19.2. The Balaban J connectivity index is 2.30. The Morgan fingerprint density at radius 3 is 2.26 bits per heavy atom. The number of hydrogen-bond donors (Lipinski definition) is 0. The van der Waals surface area contributed by atoms with E-state index in [1.165, 1.54) is 24.3 Å². The summed E-state index contributed by atoms with van der Waals surface area (Å²) in [6.07, 6.45) is 1.83. The SMILES string of the molecule is CCCCOc1ccc(-c2ccc(OCC)c(F)c2F)c(F)c1. The molecule has 0 aliphatic carbocycles. The van der Waals surface area contributed by atoms with Crippen LogP contribution in [0.2, 0.25) is 0 Å². The molecule has 0 N–H and O–H groups in total. The Morgan fingerprint density at radius 1 is 0.870 bits per heavy atom. The highest BCUT2D eigenvalue weighted by molar-refractivity contribution is 5.66. The number of ether oxygens (including phenoxy) is 2. The lowest BCUT2D eigenvalue weighted by atomic mass is 10.0. The monoisotopic (exact) mass is 324 g/mol. The minimum atomic E-state index is -1.13. The Bertz CT molecular complexity index is 672. The van der Waals surface area contributed by atoms with Crippen LogP contribution in [0.15, 0.2) is 30.3 Å². The van der Waals surface area contributed by atoms with Crippen molar-refractivity contribution in [3.63, 3.8) is 0 Å². The lowest BCUT2D eigenvalue weighted by Crippen LogP contribution is -2.00. The second-order valence-electron chi connectivity index (χ2n) is 5.02. The molecular formula is C18H19F3O2. The molecule has 2 rings (SSSR count). The molecule has 2 aromatic carbocycles. The average Bonchev–Trinajstić information content (AvgIpc) is 2.53. The normalized spacial score (nSPS) is 10.7. The molecule has 0 radical (unpaired) electrons. The van der Waals surface area contributed by atoms with Crippen molar-refractivity contribution in [2.24, 2.45) is 0 Å². The lowest BCUT2D eigenvalue weighted by Gasteiger charge is -2.11. The van der Waals surface area contributed by atoms with E-state index >= 15 is 0 Å². The maximum Gasteiger partial charge on any atom is 0.201 e. The summed E-state index contributed by atoms with van der Waals surface area (Å²) in [5.74, 6) is -2.73. The van der Waals surface area contributed by atoms with E-state index in [2.05, 4.69) is 0 Å². The fourth-order valence-electron chi connectivity index (χ4n) is 2.15. The fraction of sp³-hybridized carbons (Fsp3) is 0.333. The largest absolute Gasteiger partial charge is 0.493 e. The molecule has 23 heavy (non-hydrogen) atoms. The smallest absolute Gasteiger partial charge is 0.201 e. The van der Waals surface area contributed by atoms with Crippen molar-refractivity contribution in [2.75, 3.05) is 13.2 Å². The van der Waals surface area contributed by atoms with Gasteiger partial charge in [-0.15, -0.1) is 0 Å². The lowest BCUT2D eigenvalue weighted by molar-refractivity contribution is 0.308. The van der Waals surface area contributed by atoms with Crippen LogP contribution in [0.1, 0.15) is 26.7 Å². The van der Waals surface area contributed by atoms with E-state index in [-0.39, 0.29) is 23.5 Å². The molecule has 0 amide bonds. The van der Waals surface area contributed by atoms with Crippen molar-refractivity contribution in [3.8, 4) is 22.6 Å². The third-order valence-electron chi connectivity index (χ3n) is 3.34. The summed E-state index contributed by atoms with van der Waals surface area (Å²) in [7, 11) is 0. The number of rotatable bonds is 7. The van der Waals surface area contributed by atoms with Gasteiger partial charge in [0.25, 0.3) is 0 Å². The molecule has 0 saturated heterocycles. The molecule has 0 saturated carbocycles. The Hall–Kier alpha value is -2.17. The summed E-state index contributed by atoms with van der Waals surface area (Å²) in [4.78, 5) is 0. The van der Waals surface area contributed by atoms with Gasteiger partial charge in [0.15, 0.2) is 11.6 Å². The van der Waals surface area contributed by atoms with E-state index in [1.54, 1.807) is 13.0 Å². The van der Waals surface area contributed by atoms with Gasteiger partial charge in [-0.05, 0) is 37.6 Å². The molecule has 0 spiro atoms. The highest BCUT2D eigenvalue weighted by Crippen LogP contribution is 2.32. The maximum atomic E-state index is 14.2. The van der Waals surface area contributed by atoms with Crippen LogP contribution in [0.3, 0.4) is 0 Å². The molecule has 0 atom stereocenters. The standard InChI is InChI=1S/C18H19F3O2/c1-3-5-10-23-12-6-7-13(15(19)11-12)14-8-9-16(22-4-2)18(21)17(14)20/h6-9,11H,3-5,10H2,1-2H3. The average molecular weight is 324 g/mol. The summed E-state index contributed by atoms with van der Waals surface area (Å²) in [5, 5.41) is 0. The van der Waals surface area contributed by atoms with E-state index in [0.717, 1.165) is 12.8 Å². The van der Waals surface area contributed by atoms with Crippen LogP contribution in [0.5, 0.6) is 11.5 Å². The number of halogens is 3. The van der Waals surface area contributed by atoms with Crippen LogP contribution < -0.4 is 9.47 Å². The summed E-state index contributed by atoms with van der Waals surface area (Å²) in [5.41, 5.74) is -0.171. The molecule has 0 heterocycles. The third-order valence-corrected chi connectivity index (χ3v) is 3.34. The zero-order valence-electron chi connectivity index (χ0n) is 13.2. The molecule has 0 aliphatic rings. The predicted octanol–water partition coefficient (Wildman–Crippen LogP) is 5.35. The predicted molar refractivity (Wildman–Crippen MR) is 83.3 cm³/mol. The van der Waals surface area contributed by atoms with Gasteiger partial charge in [0.1, 0.15) is 11.6 Å². The van der Waals surface area contributed by atoms with Crippen molar-refractivity contribution >= 4 is 0 Å². The quantitative estimate of drug-likeness (QED) is 0.639. The van der Waals surface area contributed by atoms with E-state index in [1.807, 2.05) is 6.92 Å².